The Kier molecular flexibility index (Phi) is 4.95. The molecule has 24 heavy (non-hydrogen) atoms. The van der Waals surface area contributed by atoms with Gasteiger partial charge in [-0.25, -0.2) is 4.39 Å². The second-order valence-electron chi connectivity index (χ2n) is 5.48. The van der Waals surface area contributed by atoms with Crippen LogP contribution < -0.4 is 10.3 Å². The SMILES string of the molecule is CN(C)[B]c1cc(Oc2ccc(F)cc2)c2c(Cl)cc(Cl)cc2n1. The van der Waals surface area contributed by atoms with Gasteiger partial charge in [0.1, 0.15) is 17.3 Å². The van der Waals surface area contributed by atoms with Gasteiger partial charge in [0.2, 0.25) is 0 Å². The molecule has 2 aromatic carbocycles. The van der Waals surface area contributed by atoms with Crippen molar-refractivity contribution in [3.63, 3.8) is 0 Å². The summed E-state index contributed by atoms with van der Waals surface area (Å²) in [7, 11) is 5.65. The number of benzene rings is 2. The van der Waals surface area contributed by atoms with Crippen LogP contribution in [0.2, 0.25) is 10.0 Å². The van der Waals surface area contributed by atoms with Gasteiger partial charge in [-0.2, -0.15) is 0 Å². The molecule has 0 unspecified atom stereocenters. The molecule has 0 N–H and O–H groups in total. The summed E-state index contributed by atoms with van der Waals surface area (Å²) in [5.74, 6) is 0.709. The van der Waals surface area contributed by atoms with Gasteiger partial charge >= 0.3 is 0 Å². The summed E-state index contributed by atoms with van der Waals surface area (Å²) in [4.78, 5) is 6.42. The highest BCUT2D eigenvalue weighted by atomic mass is 35.5. The normalized spacial score (nSPS) is 11.1. The molecule has 0 spiro atoms. The zero-order valence-corrected chi connectivity index (χ0v) is 14.6. The molecule has 1 aromatic heterocycles. The van der Waals surface area contributed by atoms with E-state index in [1.54, 1.807) is 30.3 Å². The molecule has 0 aliphatic rings. The van der Waals surface area contributed by atoms with E-state index < -0.39 is 0 Å². The predicted octanol–water partition coefficient (Wildman–Crippen LogP) is 4.28. The molecule has 0 aliphatic heterocycles. The summed E-state index contributed by atoms with van der Waals surface area (Å²) in [5, 5.41) is 1.59. The van der Waals surface area contributed by atoms with E-state index in [1.165, 1.54) is 12.1 Å². The summed E-state index contributed by atoms with van der Waals surface area (Å²) in [6.07, 6.45) is 0. The zero-order chi connectivity index (χ0) is 17.3. The molecule has 0 atom stereocenters. The first-order chi connectivity index (χ1) is 11.4. The number of hydrogen-bond donors (Lipinski definition) is 0. The third-order valence-corrected chi connectivity index (χ3v) is 3.76. The lowest BCUT2D eigenvalue weighted by Crippen LogP contribution is -2.31. The lowest BCUT2D eigenvalue weighted by atomic mass is 9.86. The van der Waals surface area contributed by atoms with Gasteiger partial charge in [-0.1, -0.05) is 23.2 Å². The first kappa shape index (κ1) is 17.0. The first-order valence-corrected chi connectivity index (χ1v) is 7.92. The predicted molar refractivity (Wildman–Crippen MR) is 97.3 cm³/mol. The van der Waals surface area contributed by atoms with Crippen molar-refractivity contribution < 1.29 is 9.13 Å². The van der Waals surface area contributed by atoms with Crippen molar-refractivity contribution >= 4 is 47.1 Å². The highest BCUT2D eigenvalue weighted by Crippen LogP contribution is 2.35. The van der Waals surface area contributed by atoms with Crippen LogP contribution in [0.25, 0.3) is 10.9 Å². The van der Waals surface area contributed by atoms with E-state index >= 15 is 0 Å². The molecule has 3 nitrogen and oxygen atoms in total. The third kappa shape index (κ3) is 3.81. The van der Waals surface area contributed by atoms with Gasteiger partial charge in [0.15, 0.2) is 0 Å². The minimum atomic E-state index is -0.326. The van der Waals surface area contributed by atoms with E-state index in [1.807, 2.05) is 26.3 Å². The van der Waals surface area contributed by atoms with Crippen LogP contribution in [0.3, 0.4) is 0 Å². The highest BCUT2D eigenvalue weighted by molar-refractivity contribution is 6.50. The highest BCUT2D eigenvalue weighted by Gasteiger charge is 2.14. The first-order valence-electron chi connectivity index (χ1n) is 7.17. The Labute approximate surface area is 150 Å². The van der Waals surface area contributed by atoms with Gasteiger partial charge < -0.3 is 9.55 Å². The lowest BCUT2D eigenvalue weighted by molar-refractivity contribution is 0.486. The van der Waals surface area contributed by atoms with Crippen LogP contribution in [0.4, 0.5) is 4.39 Å². The van der Waals surface area contributed by atoms with Crippen LogP contribution in [0, 0.1) is 5.82 Å². The van der Waals surface area contributed by atoms with E-state index in [2.05, 4.69) is 4.98 Å². The average Bonchev–Trinajstić information content (AvgIpc) is 2.48. The van der Waals surface area contributed by atoms with Crippen LogP contribution in [0.1, 0.15) is 0 Å². The van der Waals surface area contributed by atoms with Crippen LogP contribution in [0.5, 0.6) is 11.5 Å². The number of aromatic nitrogens is 1. The molecule has 0 saturated carbocycles. The summed E-state index contributed by atoms with van der Waals surface area (Å²) in [5.41, 5.74) is 1.32. The Morgan fingerprint density at radius 1 is 1.08 bits per heavy atom. The van der Waals surface area contributed by atoms with Crippen LogP contribution in [0.15, 0.2) is 42.5 Å². The molecular weight excluding hydrogens is 349 g/mol. The molecule has 7 heteroatoms. The van der Waals surface area contributed by atoms with Gasteiger partial charge in [0.25, 0.3) is 7.41 Å². The number of nitrogens with zero attached hydrogens (tertiary/aromatic N) is 2. The monoisotopic (exact) mass is 361 g/mol. The molecule has 0 amide bonds. The Balaban J connectivity index is 2.13. The number of fused-ring (bicyclic) bond motifs is 1. The standard InChI is InChI=1S/C17H13BCl2FN2O/c1-23(2)18-16-9-15(24-12-5-3-11(21)4-6-12)17-13(20)7-10(19)8-14(17)22-16/h3-9H,1-2H3. The third-order valence-electron chi connectivity index (χ3n) is 3.24. The molecule has 1 radical (unpaired) electrons. The van der Waals surface area contributed by atoms with Crippen molar-refractivity contribution in [2.24, 2.45) is 0 Å². The molecule has 0 aliphatic carbocycles. The maximum Gasteiger partial charge on any atom is 0.273 e. The van der Waals surface area contributed by atoms with E-state index in [-0.39, 0.29) is 5.82 Å². The average molecular weight is 362 g/mol. The van der Waals surface area contributed by atoms with Crippen LogP contribution in [-0.2, 0) is 0 Å². The minimum absolute atomic E-state index is 0.326. The van der Waals surface area contributed by atoms with E-state index in [9.17, 15) is 4.39 Å². The molecular formula is C17H13BCl2FN2O. The lowest BCUT2D eigenvalue weighted by Gasteiger charge is -2.14. The van der Waals surface area contributed by atoms with E-state index in [0.717, 1.165) is 0 Å². The Morgan fingerprint density at radius 2 is 1.79 bits per heavy atom. The van der Waals surface area contributed by atoms with Crippen molar-refractivity contribution in [1.82, 2.24) is 9.79 Å². The van der Waals surface area contributed by atoms with Crippen molar-refractivity contribution in [3.8, 4) is 11.5 Å². The van der Waals surface area contributed by atoms with Gasteiger partial charge in [-0.15, -0.1) is 0 Å². The molecule has 1 heterocycles. The van der Waals surface area contributed by atoms with Crippen molar-refractivity contribution in [2.45, 2.75) is 0 Å². The Bertz CT molecular complexity index is 888. The summed E-state index contributed by atoms with van der Waals surface area (Å²) < 4.78 is 19.0. The largest absolute Gasteiger partial charge is 0.457 e. The smallest absolute Gasteiger partial charge is 0.273 e. The summed E-state index contributed by atoms with van der Waals surface area (Å²) in [6, 6.07) is 10.9. The Morgan fingerprint density at radius 3 is 2.46 bits per heavy atom. The van der Waals surface area contributed by atoms with Gasteiger partial charge in [0.05, 0.1) is 15.9 Å². The number of ether oxygens (including phenoxy) is 1. The molecule has 3 aromatic rings. The number of halogens is 3. The van der Waals surface area contributed by atoms with Gasteiger partial charge in [0, 0.05) is 10.6 Å². The molecule has 0 fully saturated rings. The Hall–Kier alpha value is -1.82. The molecule has 0 bridgehead atoms. The number of hydrogen-bond acceptors (Lipinski definition) is 3. The van der Waals surface area contributed by atoms with Crippen LogP contribution >= 0.6 is 23.2 Å². The van der Waals surface area contributed by atoms with Crippen LogP contribution in [-0.4, -0.2) is 31.3 Å². The maximum atomic E-state index is 13.1. The van der Waals surface area contributed by atoms with Crippen molar-refractivity contribution in [1.29, 1.82) is 0 Å². The second-order valence-corrected chi connectivity index (χ2v) is 6.32. The molecule has 121 valence electrons. The summed E-state index contributed by atoms with van der Waals surface area (Å²) in [6.45, 7) is 0. The second kappa shape index (κ2) is 6.97. The maximum absolute atomic E-state index is 13.1. The fraction of sp³-hybridized carbons (Fsp3) is 0.118. The quantitative estimate of drug-likeness (QED) is 0.648. The molecule has 3 rings (SSSR count). The van der Waals surface area contributed by atoms with Crippen molar-refractivity contribution in [3.05, 3.63) is 58.3 Å². The zero-order valence-electron chi connectivity index (χ0n) is 13.1. The fourth-order valence-corrected chi connectivity index (χ4v) is 2.89. The number of pyridine rings is 1. The van der Waals surface area contributed by atoms with Gasteiger partial charge in [-0.3, -0.25) is 4.98 Å². The molecule has 0 saturated heterocycles. The van der Waals surface area contributed by atoms with E-state index in [4.69, 9.17) is 27.9 Å². The van der Waals surface area contributed by atoms with Gasteiger partial charge in [-0.05, 0) is 56.6 Å². The topological polar surface area (TPSA) is 25.4 Å². The fourth-order valence-electron chi connectivity index (χ4n) is 2.31. The van der Waals surface area contributed by atoms with E-state index in [0.29, 0.717) is 38.0 Å². The summed E-state index contributed by atoms with van der Waals surface area (Å²) >= 11 is 12.4. The van der Waals surface area contributed by atoms with Crippen molar-refractivity contribution in [2.75, 3.05) is 14.1 Å². The number of rotatable bonds is 4. The minimum Gasteiger partial charge on any atom is -0.457 e.